The Morgan fingerprint density at radius 3 is 1.62 bits per heavy atom. The lowest BCUT2D eigenvalue weighted by Crippen LogP contribution is -2.25. The second-order valence-electron chi connectivity index (χ2n) is 7.82. The van der Waals surface area contributed by atoms with Gasteiger partial charge in [-0.2, -0.15) is 0 Å². The van der Waals surface area contributed by atoms with Crippen LogP contribution < -0.4 is 0 Å². The van der Waals surface area contributed by atoms with Crippen LogP contribution in [-0.4, -0.2) is 37.6 Å². The first-order valence-electron chi connectivity index (χ1n) is 11.1. The molecule has 0 rings (SSSR count). The van der Waals surface area contributed by atoms with Crippen molar-refractivity contribution in [3.63, 3.8) is 0 Å². The number of likely N-dealkylation sites (N-methyl/N-ethyl adjacent to an activating group) is 1. The number of ether oxygens (including phenoxy) is 1. The predicted octanol–water partition coefficient (Wildman–Crippen LogP) is 6.52. The zero-order chi connectivity index (χ0) is 19.5. The molecule has 0 amide bonds. The fraction of sp³-hybridized carbons (Fsp3) is 0.870. The Bertz CT molecular complexity index is 341. The van der Waals surface area contributed by atoms with Crippen LogP contribution in [0.5, 0.6) is 0 Å². The number of esters is 1. The molecule has 0 saturated carbocycles. The van der Waals surface area contributed by atoms with Gasteiger partial charge in [-0.25, -0.2) is 4.79 Å². The standard InChI is InChI=1S/C23H45NO2/c1-5-6-7-8-9-10-11-12-13-14-15-16-17-18-19-24(4)20-21-26-23(25)22(2)3/h2,5-21H2,1,3-4H3. The van der Waals surface area contributed by atoms with E-state index >= 15 is 0 Å². The third-order valence-corrected chi connectivity index (χ3v) is 4.95. The summed E-state index contributed by atoms with van der Waals surface area (Å²) in [6.45, 7) is 9.89. The zero-order valence-corrected chi connectivity index (χ0v) is 18.0. The molecule has 0 radical (unpaired) electrons. The van der Waals surface area contributed by atoms with Crippen LogP contribution in [0.1, 0.15) is 104 Å². The van der Waals surface area contributed by atoms with Gasteiger partial charge in [0.15, 0.2) is 0 Å². The zero-order valence-electron chi connectivity index (χ0n) is 18.0. The first-order chi connectivity index (χ1) is 12.6. The molecule has 0 aliphatic rings. The summed E-state index contributed by atoms with van der Waals surface area (Å²) >= 11 is 0. The summed E-state index contributed by atoms with van der Waals surface area (Å²) < 4.78 is 5.12. The molecule has 0 aromatic heterocycles. The highest BCUT2D eigenvalue weighted by Gasteiger charge is 2.04. The minimum absolute atomic E-state index is 0.283. The van der Waals surface area contributed by atoms with Crippen LogP contribution in [0.3, 0.4) is 0 Å². The maximum Gasteiger partial charge on any atom is 0.333 e. The average molecular weight is 368 g/mol. The average Bonchev–Trinajstić information content (AvgIpc) is 2.61. The van der Waals surface area contributed by atoms with Crippen LogP contribution >= 0.6 is 0 Å². The van der Waals surface area contributed by atoms with Crippen molar-refractivity contribution in [3.05, 3.63) is 12.2 Å². The second kappa shape index (κ2) is 18.9. The predicted molar refractivity (Wildman–Crippen MR) is 114 cm³/mol. The van der Waals surface area contributed by atoms with E-state index in [1.165, 1.54) is 89.9 Å². The number of hydrogen-bond acceptors (Lipinski definition) is 3. The summed E-state index contributed by atoms with van der Waals surface area (Å²) in [5.41, 5.74) is 0.472. The normalized spacial score (nSPS) is 11.1. The highest BCUT2D eigenvalue weighted by Crippen LogP contribution is 2.13. The molecular formula is C23H45NO2. The van der Waals surface area contributed by atoms with Crippen LogP contribution in [0, 0.1) is 0 Å². The summed E-state index contributed by atoms with van der Waals surface area (Å²) in [5, 5.41) is 0. The number of nitrogens with zero attached hydrogens (tertiary/aromatic N) is 1. The van der Waals surface area contributed by atoms with E-state index in [9.17, 15) is 4.79 Å². The van der Waals surface area contributed by atoms with E-state index in [1.807, 2.05) is 0 Å². The SMILES string of the molecule is C=C(C)C(=O)OCCN(C)CCCCCCCCCCCCCCCC. The lowest BCUT2D eigenvalue weighted by molar-refractivity contribution is -0.139. The Morgan fingerprint density at radius 1 is 0.769 bits per heavy atom. The van der Waals surface area contributed by atoms with E-state index in [2.05, 4.69) is 25.5 Å². The van der Waals surface area contributed by atoms with Crippen LogP contribution in [0.15, 0.2) is 12.2 Å². The van der Waals surface area contributed by atoms with Gasteiger partial charge in [0.2, 0.25) is 0 Å². The first-order valence-corrected chi connectivity index (χ1v) is 11.1. The van der Waals surface area contributed by atoms with E-state index in [-0.39, 0.29) is 5.97 Å². The molecule has 0 heterocycles. The lowest BCUT2D eigenvalue weighted by atomic mass is 10.0. The molecule has 3 heteroatoms. The third kappa shape index (κ3) is 18.0. The van der Waals surface area contributed by atoms with E-state index in [0.29, 0.717) is 12.2 Å². The van der Waals surface area contributed by atoms with Gasteiger partial charge >= 0.3 is 5.97 Å². The minimum Gasteiger partial charge on any atom is -0.461 e. The van der Waals surface area contributed by atoms with Crippen molar-refractivity contribution in [1.29, 1.82) is 0 Å². The van der Waals surface area contributed by atoms with Gasteiger partial charge in [-0.1, -0.05) is 97.0 Å². The van der Waals surface area contributed by atoms with Gasteiger partial charge in [-0.05, 0) is 26.9 Å². The fourth-order valence-corrected chi connectivity index (χ4v) is 3.11. The van der Waals surface area contributed by atoms with Gasteiger partial charge in [0.25, 0.3) is 0 Å². The topological polar surface area (TPSA) is 29.5 Å². The molecule has 154 valence electrons. The molecule has 0 aromatic carbocycles. The van der Waals surface area contributed by atoms with Crippen molar-refractivity contribution in [3.8, 4) is 0 Å². The second-order valence-corrected chi connectivity index (χ2v) is 7.82. The van der Waals surface area contributed by atoms with E-state index in [4.69, 9.17) is 4.74 Å². The summed E-state index contributed by atoms with van der Waals surface area (Å²) in [6.07, 6.45) is 19.5. The fourth-order valence-electron chi connectivity index (χ4n) is 3.11. The smallest absolute Gasteiger partial charge is 0.333 e. The molecule has 0 spiro atoms. The Balaban J connectivity index is 3.21. The number of unbranched alkanes of at least 4 members (excludes halogenated alkanes) is 13. The maximum absolute atomic E-state index is 11.3. The molecule has 0 atom stereocenters. The van der Waals surface area contributed by atoms with Crippen molar-refractivity contribution >= 4 is 5.97 Å². The van der Waals surface area contributed by atoms with E-state index < -0.39 is 0 Å². The van der Waals surface area contributed by atoms with Crippen LogP contribution in [0.2, 0.25) is 0 Å². The molecule has 0 unspecified atom stereocenters. The number of carbonyl (C=O) groups is 1. The van der Waals surface area contributed by atoms with Crippen molar-refractivity contribution < 1.29 is 9.53 Å². The van der Waals surface area contributed by atoms with Gasteiger partial charge in [-0.15, -0.1) is 0 Å². The van der Waals surface area contributed by atoms with Crippen molar-refractivity contribution in [2.45, 2.75) is 104 Å². The highest BCUT2D eigenvalue weighted by atomic mass is 16.5. The summed E-state index contributed by atoms with van der Waals surface area (Å²) in [4.78, 5) is 13.5. The summed E-state index contributed by atoms with van der Waals surface area (Å²) in [7, 11) is 2.09. The van der Waals surface area contributed by atoms with Gasteiger partial charge in [0.1, 0.15) is 6.61 Å². The number of hydrogen-bond donors (Lipinski definition) is 0. The Kier molecular flexibility index (Phi) is 18.3. The number of carbonyl (C=O) groups excluding carboxylic acids is 1. The van der Waals surface area contributed by atoms with Crippen LogP contribution in [-0.2, 0) is 9.53 Å². The Labute approximate surface area is 163 Å². The molecule has 26 heavy (non-hydrogen) atoms. The first kappa shape index (κ1) is 25.2. The summed E-state index contributed by atoms with van der Waals surface area (Å²) in [6, 6.07) is 0. The molecule has 3 nitrogen and oxygen atoms in total. The Morgan fingerprint density at radius 2 is 1.19 bits per heavy atom. The van der Waals surface area contributed by atoms with Crippen molar-refractivity contribution in [2.75, 3.05) is 26.7 Å². The highest BCUT2D eigenvalue weighted by molar-refractivity contribution is 5.86. The minimum atomic E-state index is -0.283. The van der Waals surface area contributed by atoms with Gasteiger partial charge in [0, 0.05) is 12.1 Å². The van der Waals surface area contributed by atoms with Crippen LogP contribution in [0.4, 0.5) is 0 Å². The molecule has 0 aliphatic carbocycles. The van der Waals surface area contributed by atoms with Gasteiger partial charge in [0.05, 0.1) is 0 Å². The van der Waals surface area contributed by atoms with Crippen LogP contribution in [0.25, 0.3) is 0 Å². The van der Waals surface area contributed by atoms with Gasteiger partial charge < -0.3 is 9.64 Å². The molecule has 0 aliphatic heterocycles. The molecular weight excluding hydrogens is 322 g/mol. The monoisotopic (exact) mass is 367 g/mol. The maximum atomic E-state index is 11.3. The Hall–Kier alpha value is -0.830. The molecule has 0 N–H and O–H groups in total. The summed E-state index contributed by atoms with van der Waals surface area (Å²) in [5.74, 6) is -0.283. The van der Waals surface area contributed by atoms with E-state index in [0.717, 1.165) is 13.1 Å². The van der Waals surface area contributed by atoms with E-state index in [1.54, 1.807) is 6.92 Å². The number of rotatable bonds is 19. The van der Waals surface area contributed by atoms with Gasteiger partial charge in [-0.3, -0.25) is 0 Å². The van der Waals surface area contributed by atoms with Crippen molar-refractivity contribution in [1.82, 2.24) is 4.90 Å². The largest absolute Gasteiger partial charge is 0.461 e. The molecule has 0 fully saturated rings. The molecule has 0 saturated heterocycles. The quantitative estimate of drug-likeness (QED) is 0.148. The lowest BCUT2D eigenvalue weighted by Gasteiger charge is -2.16. The van der Waals surface area contributed by atoms with Crippen molar-refractivity contribution in [2.24, 2.45) is 0 Å². The molecule has 0 aromatic rings. The molecule has 0 bridgehead atoms. The third-order valence-electron chi connectivity index (χ3n) is 4.95.